The van der Waals surface area contributed by atoms with Gasteiger partial charge in [-0.2, -0.15) is 0 Å². The molecule has 138 valence electrons. The number of piperazine rings is 1. The van der Waals surface area contributed by atoms with Crippen LogP contribution in [0.4, 0.5) is 5.69 Å². The number of nitrogens with zero attached hydrogens (tertiary/aromatic N) is 3. The number of rotatable bonds is 7. The number of nitrogens with one attached hydrogen (secondary N) is 1. The Balaban J connectivity index is 1.33. The first-order valence-electron chi connectivity index (χ1n) is 9.37. The Labute approximate surface area is 150 Å². The lowest BCUT2D eigenvalue weighted by Gasteiger charge is -2.33. The first-order valence-corrected chi connectivity index (χ1v) is 9.37. The minimum atomic E-state index is 0.133. The van der Waals surface area contributed by atoms with Crippen molar-refractivity contribution in [3.63, 3.8) is 0 Å². The zero-order valence-electron chi connectivity index (χ0n) is 14.9. The summed E-state index contributed by atoms with van der Waals surface area (Å²) in [5.74, 6) is 0.666. The minimum absolute atomic E-state index is 0.133. The molecule has 25 heavy (non-hydrogen) atoms. The predicted molar refractivity (Wildman–Crippen MR) is 99.7 cm³/mol. The highest BCUT2D eigenvalue weighted by Gasteiger charge is 2.24. The SMILES string of the molecule is O=C(CN1CCN(CCO)CC1)NCC1CCN(c2ccccc2)C1. The van der Waals surface area contributed by atoms with Crippen LogP contribution in [0.25, 0.3) is 0 Å². The molecule has 1 unspecified atom stereocenters. The van der Waals surface area contributed by atoms with Crippen molar-refractivity contribution < 1.29 is 9.90 Å². The number of carbonyl (C=O) groups excluding carboxylic acids is 1. The third kappa shape index (κ3) is 5.42. The van der Waals surface area contributed by atoms with Gasteiger partial charge in [-0.3, -0.25) is 14.6 Å². The average molecular weight is 346 g/mol. The van der Waals surface area contributed by atoms with E-state index >= 15 is 0 Å². The first-order chi connectivity index (χ1) is 12.2. The molecule has 2 fully saturated rings. The topological polar surface area (TPSA) is 59.1 Å². The fourth-order valence-electron chi connectivity index (χ4n) is 3.70. The van der Waals surface area contributed by atoms with Gasteiger partial charge in [-0.15, -0.1) is 0 Å². The summed E-state index contributed by atoms with van der Waals surface area (Å²) in [6.45, 7) is 7.96. The number of β-amino-alcohol motifs (C(OH)–C–C–N with tert-alkyl or cyclic N) is 1. The van der Waals surface area contributed by atoms with E-state index in [1.54, 1.807) is 0 Å². The van der Waals surface area contributed by atoms with E-state index in [-0.39, 0.29) is 12.5 Å². The molecule has 0 saturated carbocycles. The fourth-order valence-corrected chi connectivity index (χ4v) is 3.70. The van der Waals surface area contributed by atoms with Crippen LogP contribution in [0.1, 0.15) is 6.42 Å². The van der Waals surface area contributed by atoms with E-state index in [1.165, 1.54) is 5.69 Å². The summed E-state index contributed by atoms with van der Waals surface area (Å²) in [7, 11) is 0. The van der Waals surface area contributed by atoms with E-state index in [4.69, 9.17) is 5.11 Å². The molecule has 6 heteroatoms. The number of hydrogen-bond acceptors (Lipinski definition) is 5. The van der Waals surface area contributed by atoms with Gasteiger partial charge >= 0.3 is 0 Å². The molecule has 0 aliphatic carbocycles. The highest BCUT2D eigenvalue weighted by molar-refractivity contribution is 5.78. The molecule has 1 atom stereocenters. The Hall–Kier alpha value is -1.63. The molecular formula is C19H30N4O2. The van der Waals surface area contributed by atoms with Crippen LogP contribution in [0.15, 0.2) is 30.3 Å². The molecule has 2 saturated heterocycles. The highest BCUT2D eigenvalue weighted by atomic mass is 16.3. The van der Waals surface area contributed by atoms with Gasteiger partial charge in [0.05, 0.1) is 13.2 Å². The van der Waals surface area contributed by atoms with Gasteiger partial charge in [0.25, 0.3) is 0 Å². The molecule has 1 aromatic carbocycles. The van der Waals surface area contributed by atoms with E-state index in [9.17, 15) is 4.79 Å². The molecule has 2 aliphatic heterocycles. The number of aliphatic hydroxyl groups excluding tert-OH is 1. The second kappa shape index (κ2) is 9.17. The maximum atomic E-state index is 12.2. The second-order valence-corrected chi connectivity index (χ2v) is 7.08. The van der Waals surface area contributed by atoms with E-state index in [0.717, 1.165) is 58.8 Å². The van der Waals surface area contributed by atoms with Crippen LogP contribution < -0.4 is 10.2 Å². The average Bonchev–Trinajstić information content (AvgIpc) is 3.12. The summed E-state index contributed by atoms with van der Waals surface area (Å²) < 4.78 is 0. The van der Waals surface area contributed by atoms with Crippen LogP contribution in [0.2, 0.25) is 0 Å². The maximum absolute atomic E-state index is 12.2. The van der Waals surface area contributed by atoms with Crippen molar-refractivity contribution in [2.24, 2.45) is 5.92 Å². The molecular weight excluding hydrogens is 316 g/mol. The van der Waals surface area contributed by atoms with Gasteiger partial charge in [0.1, 0.15) is 0 Å². The van der Waals surface area contributed by atoms with Crippen molar-refractivity contribution in [1.82, 2.24) is 15.1 Å². The predicted octanol–water partition coefficient (Wildman–Crippen LogP) is 0.239. The number of hydrogen-bond donors (Lipinski definition) is 2. The molecule has 0 bridgehead atoms. The van der Waals surface area contributed by atoms with Crippen molar-refractivity contribution in [1.29, 1.82) is 0 Å². The standard InChI is InChI=1S/C19H30N4O2/c24-13-12-21-8-10-22(11-9-21)16-19(25)20-14-17-6-7-23(15-17)18-4-2-1-3-5-18/h1-5,17,24H,6-16H2,(H,20,25). The number of anilines is 1. The largest absolute Gasteiger partial charge is 0.395 e. The number of amides is 1. The zero-order valence-corrected chi connectivity index (χ0v) is 14.9. The summed E-state index contributed by atoms with van der Waals surface area (Å²) in [5.41, 5.74) is 1.28. The van der Waals surface area contributed by atoms with Crippen molar-refractivity contribution in [3.05, 3.63) is 30.3 Å². The normalized spacial score (nSPS) is 22.3. The molecule has 2 N–H and O–H groups in total. The summed E-state index contributed by atoms with van der Waals surface area (Å²) >= 11 is 0. The molecule has 0 spiro atoms. The van der Waals surface area contributed by atoms with Crippen LogP contribution >= 0.6 is 0 Å². The number of benzene rings is 1. The number of carbonyl (C=O) groups is 1. The van der Waals surface area contributed by atoms with Crippen molar-refractivity contribution in [3.8, 4) is 0 Å². The second-order valence-electron chi connectivity index (χ2n) is 7.08. The maximum Gasteiger partial charge on any atom is 0.234 e. The van der Waals surface area contributed by atoms with Crippen LogP contribution in [0.5, 0.6) is 0 Å². The third-order valence-electron chi connectivity index (χ3n) is 5.24. The van der Waals surface area contributed by atoms with Gasteiger partial charge in [0, 0.05) is 58.0 Å². The van der Waals surface area contributed by atoms with E-state index < -0.39 is 0 Å². The number of para-hydroxylation sites is 1. The van der Waals surface area contributed by atoms with E-state index in [2.05, 4.69) is 44.3 Å². The molecule has 2 aliphatic rings. The lowest BCUT2D eigenvalue weighted by atomic mass is 10.1. The molecule has 0 aromatic heterocycles. The smallest absolute Gasteiger partial charge is 0.234 e. The highest BCUT2D eigenvalue weighted by Crippen LogP contribution is 2.22. The molecule has 2 heterocycles. The Morgan fingerprint density at radius 2 is 1.80 bits per heavy atom. The summed E-state index contributed by atoms with van der Waals surface area (Å²) in [5, 5.41) is 12.1. The molecule has 3 rings (SSSR count). The van der Waals surface area contributed by atoms with Gasteiger partial charge in [-0.25, -0.2) is 0 Å². The quantitative estimate of drug-likeness (QED) is 0.741. The Kier molecular flexibility index (Phi) is 6.67. The van der Waals surface area contributed by atoms with Gasteiger partial charge < -0.3 is 15.3 Å². The van der Waals surface area contributed by atoms with Gasteiger partial charge in [-0.05, 0) is 24.5 Å². The van der Waals surface area contributed by atoms with Crippen LogP contribution in [-0.2, 0) is 4.79 Å². The lowest BCUT2D eigenvalue weighted by molar-refractivity contribution is -0.122. The Morgan fingerprint density at radius 1 is 1.08 bits per heavy atom. The van der Waals surface area contributed by atoms with Crippen LogP contribution in [0, 0.1) is 5.92 Å². The van der Waals surface area contributed by atoms with Crippen LogP contribution in [-0.4, -0.2) is 86.3 Å². The summed E-state index contributed by atoms with van der Waals surface area (Å²) in [4.78, 5) is 19.1. The summed E-state index contributed by atoms with van der Waals surface area (Å²) in [6.07, 6.45) is 1.13. The van der Waals surface area contributed by atoms with Gasteiger partial charge in [0.2, 0.25) is 5.91 Å². The van der Waals surface area contributed by atoms with Crippen molar-refractivity contribution >= 4 is 11.6 Å². The number of aliphatic hydroxyl groups is 1. The molecule has 1 amide bonds. The van der Waals surface area contributed by atoms with Crippen molar-refractivity contribution in [2.75, 3.05) is 70.4 Å². The summed E-state index contributed by atoms with van der Waals surface area (Å²) in [6, 6.07) is 10.5. The monoisotopic (exact) mass is 346 g/mol. The fraction of sp³-hybridized carbons (Fsp3) is 0.632. The zero-order chi connectivity index (χ0) is 17.5. The van der Waals surface area contributed by atoms with Crippen LogP contribution in [0.3, 0.4) is 0 Å². The van der Waals surface area contributed by atoms with E-state index in [0.29, 0.717) is 12.5 Å². The van der Waals surface area contributed by atoms with E-state index in [1.807, 2.05) is 6.07 Å². The molecule has 1 aromatic rings. The van der Waals surface area contributed by atoms with Gasteiger partial charge in [-0.1, -0.05) is 18.2 Å². The van der Waals surface area contributed by atoms with Gasteiger partial charge in [0.15, 0.2) is 0 Å². The third-order valence-corrected chi connectivity index (χ3v) is 5.24. The Bertz CT molecular complexity index is 531. The molecule has 6 nitrogen and oxygen atoms in total. The van der Waals surface area contributed by atoms with Crippen molar-refractivity contribution in [2.45, 2.75) is 6.42 Å². The minimum Gasteiger partial charge on any atom is -0.395 e. The molecule has 0 radical (unpaired) electrons. The Morgan fingerprint density at radius 3 is 2.52 bits per heavy atom. The lowest BCUT2D eigenvalue weighted by Crippen LogP contribution is -2.50. The first kappa shape index (κ1) is 18.2.